The molecule has 1 aliphatic heterocycles. The molecule has 0 bridgehead atoms. The lowest BCUT2D eigenvalue weighted by Gasteiger charge is -2.32. The van der Waals surface area contributed by atoms with Gasteiger partial charge >= 0.3 is 0 Å². The van der Waals surface area contributed by atoms with E-state index in [9.17, 15) is 18.0 Å². The Bertz CT molecular complexity index is 936. The first-order valence-electron chi connectivity index (χ1n) is 8.01. The zero-order valence-corrected chi connectivity index (χ0v) is 14.9. The molecular formula is C16H19N5O4S. The normalized spacial score (nSPS) is 18.1. The van der Waals surface area contributed by atoms with Crippen LogP contribution in [0.15, 0.2) is 41.4 Å². The van der Waals surface area contributed by atoms with Gasteiger partial charge in [0.2, 0.25) is 21.8 Å². The van der Waals surface area contributed by atoms with Crippen LogP contribution in [-0.2, 0) is 21.9 Å². The summed E-state index contributed by atoms with van der Waals surface area (Å²) in [6.07, 6.45) is 2.65. The van der Waals surface area contributed by atoms with E-state index in [1.54, 1.807) is 24.0 Å². The Morgan fingerprint density at radius 3 is 2.54 bits per heavy atom. The van der Waals surface area contributed by atoms with Gasteiger partial charge in [0.15, 0.2) is 0 Å². The molecule has 138 valence electrons. The SMILES string of the molecule is Cn1nccc1N1CCC[C@H](NS(=O)(=O)c2ccc(C(N)=O)cc2)C1=O. The van der Waals surface area contributed by atoms with Gasteiger partial charge in [0.1, 0.15) is 11.9 Å². The van der Waals surface area contributed by atoms with Gasteiger partial charge in [-0.05, 0) is 37.1 Å². The Labute approximate surface area is 150 Å². The molecule has 2 heterocycles. The fourth-order valence-electron chi connectivity index (χ4n) is 2.90. The summed E-state index contributed by atoms with van der Waals surface area (Å²) in [6.45, 7) is 0.504. The maximum Gasteiger partial charge on any atom is 0.248 e. The predicted molar refractivity (Wildman–Crippen MR) is 93.9 cm³/mol. The zero-order valence-electron chi connectivity index (χ0n) is 14.1. The third-order valence-corrected chi connectivity index (χ3v) is 5.74. The van der Waals surface area contributed by atoms with Crippen molar-refractivity contribution in [1.82, 2.24) is 14.5 Å². The van der Waals surface area contributed by atoms with Crippen LogP contribution in [-0.4, -0.2) is 42.6 Å². The van der Waals surface area contributed by atoms with Crippen molar-refractivity contribution in [3.05, 3.63) is 42.1 Å². The van der Waals surface area contributed by atoms with E-state index < -0.39 is 22.0 Å². The molecule has 0 saturated carbocycles. The number of anilines is 1. The van der Waals surface area contributed by atoms with E-state index in [-0.39, 0.29) is 16.4 Å². The van der Waals surface area contributed by atoms with Crippen molar-refractivity contribution in [2.75, 3.05) is 11.4 Å². The molecule has 1 saturated heterocycles. The summed E-state index contributed by atoms with van der Waals surface area (Å²) >= 11 is 0. The van der Waals surface area contributed by atoms with Gasteiger partial charge in [0.05, 0.1) is 11.1 Å². The molecule has 1 atom stereocenters. The van der Waals surface area contributed by atoms with Crippen LogP contribution in [0, 0.1) is 0 Å². The Morgan fingerprint density at radius 1 is 1.27 bits per heavy atom. The first-order valence-corrected chi connectivity index (χ1v) is 9.49. The van der Waals surface area contributed by atoms with Crippen molar-refractivity contribution >= 4 is 27.7 Å². The number of aromatic nitrogens is 2. The number of piperidine rings is 1. The van der Waals surface area contributed by atoms with E-state index in [1.165, 1.54) is 29.2 Å². The molecule has 0 radical (unpaired) electrons. The van der Waals surface area contributed by atoms with Crippen LogP contribution in [0.25, 0.3) is 0 Å². The van der Waals surface area contributed by atoms with Gasteiger partial charge in [-0.15, -0.1) is 0 Å². The van der Waals surface area contributed by atoms with Gasteiger partial charge in [-0.1, -0.05) is 0 Å². The summed E-state index contributed by atoms with van der Waals surface area (Å²) < 4.78 is 29.2. The number of aryl methyl sites for hydroxylation is 1. The number of nitrogens with two attached hydrogens (primary N) is 1. The summed E-state index contributed by atoms with van der Waals surface area (Å²) in [7, 11) is -2.19. The Hall–Kier alpha value is -2.72. The highest BCUT2D eigenvalue weighted by molar-refractivity contribution is 7.89. The Morgan fingerprint density at radius 2 is 1.96 bits per heavy atom. The fourth-order valence-corrected chi connectivity index (χ4v) is 4.12. The molecule has 0 aliphatic carbocycles. The number of benzene rings is 1. The van der Waals surface area contributed by atoms with E-state index in [4.69, 9.17) is 5.73 Å². The summed E-state index contributed by atoms with van der Waals surface area (Å²) in [5.74, 6) is -0.349. The fraction of sp³-hybridized carbons (Fsp3) is 0.312. The standard InChI is InChI=1S/C16H19N5O4S/c1-20-14(8-9-18-20)21-10-2-3-13(16(21)23)19-26(24,25)12-6-4-11(5-7-12)15(17)22/h4-9,13,19H,2-3,10H2,1H3,(H2,17,22)/t13-/m0/s1. The molecule has 1 fully saturated rings. The third-order valence-electron chi connectivity index (χ3n) is 4.26. The van der Waals surface area contributed by atoms with Crippen LogP contribution in [0.4, 0.5) is 5.82 Å². The minimum absolute atomic E-state index is 0.0343. The average molecular weight is 377 g/mol. The molecule has 2 aromatic rings. The highest BCUT2D eigenvalue weighted by atomic mass is 32.2. The second-order valence-electron chi connectivity index (χ2n) is 6.01. The van der Waals surface area contributed by atoms with Gasteiger partial charge in [-0.2, -0.15) is 9.82 Å². The Balaban J connectivity index is 1.79. The van der Waals surface area contributed by atoms with Gasteiger partial charge in [-0.3, -0.25) is 19.2 Å². The van der Waals surface area contributed by atoms with E-state index in [2.05, 4.69) is 9.82 Å². The van der Waals surface area contributed by atoms with Crippen LogP contribution in [0.3, 0.4) is 0 Å². The second kappa shape index (κ2) is 6.89. The summed E-state index contributed by atoms with van der Waals surface area (Å²) in [4.78, 5) is 25.3. The number of hydrogen-bond acceptors (Lipinski definition) is 5. The van der Waals surface area contributed by atoms with Crippen molar-refractivity contribution in [1.29, 1.82) is 0 Å². The summed E-state index contributed by atoms with van der Waals surface area (Å²) in [6, 6.07) is 6.09. The quantitative estimate of drug-likeness (QED) is 0.758. The first kappa shape index (κ1) is 18.1. The molecular weight excluding hydrogens is 358 g/mol. The average Bonchev–Trinajstić information content (AvgIpc) is 3.02. The van der Waals surface area contributed by atoms with Crippen molar-refractivity contribution in [3.63, 3.8) is 0 Å². The summed E-state index contributed by atoms with van der Waals surface area (Å²) in [5, 5.41) is 4.04. The number of carbonyl (C=O) groups excluding carboxylic acids is 2. The van der Waals surface area contributed by atoms with Crippen LogP contribution < -0.4 is 15.4 Å². The Kier molecular flexibility index (Phi) is 4.79. The van der Waals surface area contributed by atoms with Crippen molar-refractivity contribution in [3.8, 4) is 0 Å². The monoisotopic (exact) mass is 377 g/mol. The molecule has 2 amide bonds. The van der Waals surface area contributed by atoms with E-state index in [0.717, 1.165) is 0 Å². The molecule has 1 aliphatic rings. The second-order valence-corrected chi connectivity index (χ2v) is 7.72. The summed E-state index contributed by atoms with van der Waals surface area (Å²) in [5.41, 5.74) is 5.36. The zero-order chi connectivity index (χ0) is 18.9. The van der Waals surface area contributed by atoms with E-state index in [1.807, 2.05) is 0 Å². The number of sulfonamides is 1. The van der Waals surface area contributed by atoms with Gasteiger partial charge < -0.3 is 5.73 Å². The number of nitrogens with one attached hydrogen (secondary N) is 1. The van der Waals surface area contributed by atoms with Gasteiger partial charge in [-0.25, -0.2) is 8.42 Å². The minimum atomic E-state index is -3.91. The smallest absolute Gasteiger partial charge is 0.248 e. The van der Waals surface area contributed by atoms with Crippen molar-refractivity contribution in [2.24, 2.45) is 12.8 Å². The number of rotatable bonds is 5. The number of nitrogens with zero attached hydrogens (tertiary/aromatic N) is 3. The molecule has 3 N–H and O–H groups in total. The van der Waals surface area contributed by atoms with Gasteiger partial charge in [0, 0.05) is 25.2 Å². The molecule has 1 aromatic heterocycles. The largest absolute Gasteiger partial charge is 0.366 e. The van der Waals surface area contributed by atoms with E-state index in [0.29, 0.717) is 25.2 Å². The van der Waals surface area contributed by atoms with Crippen LogP contribution in [0.5, 0.6) is 0 Å². The number of carbonyl (C=O) groups is 2. The number of amides is 2. The van der Waals surface area contributed by atoms with Crippen LogP contribution in [0.1, 0.15) is 23.2 Å². The lowest BCUT2D eigenvalue weighted by atomic mass is 10.1. The third kappa shape index (κ3) is 3.46. The molecule has 9 nitrogen and oxygen atoms in total. The highest BCUT2D eigenvalue weighted by Crippen LogP contribution is 2.21. The molecule has 0 unspecified atom stereocenters. The molecule has 3 rings (SSSR count). The van der Waals surface area contributed by atoms with Crippen LogP contribution >= 0.6 is 0 Å². The lowest BCUT2D eigenvalue weighted by molar-refractivity contribution is -0.121. The molecule has 1 aromatic carbocycles. The maximum atomic E-state index is 12.7. The number of hydrogen-bond donors (Lipinski definition) is 2. The molecule has 26 heavy (non-hydrogen) atoms. The topological polar surface area (TPSA) is 127 Å². The first-order chi connectivity index (χ1) is 12.3. The number of primary amides is 1. The van der Waals surface area contributed by atoms with Crippen molar-refractivity contribution in [2.45, 2.75) is 23.8 Å². The minimum Gasteiger partial charge on any atom is -0.366 e. The predicted octanol–water partition coefficient (Wildman–Crippen LogP) is -0.00710. The van der Waals surface area contributed by atoms with E-state index >= 15 is 0 Å². The van der Waals surface area contributed by atoms with Crippen LogP contribution in [0.2, 0.25) is 0 Å². The molecule has 10 heteroatoms. The maximum absolute atomic E-state index is 12.7. The molecule has 0 spiro atoms. The van der Waals surface area contributed by atoms with Gasteiger partial charge in [0.25, 0.3) is 0 Å². The lowest BCUT2D eigenvalue weighted by Crippen LogP contribution is -2.52. The highest BCUT2D eigenvalue weighted by Gasteiger charge is 2.34. The van der Waals surface area contributed by atoms with Crippen molar-refractivity contribution < 1.29 is 18.0 Å².